The second-order valence-electron chi connectivity index (χ2n) is 14.7. The Morgan fingerprint density at radius 3 is 1.59 bits per heavy atom. The number of hydrogen-bond donors (Lipinski definition) is 0. The lowest BCUT2D eigenvalue weighted by atomic mass is 9.65. The monoisotopic (exact) mass is 572 g/mol. The number of allylic oxidation sites excluding steroid dienone is 2. The van der Waals surface area contributed by atoms with Gasteiger partial charge in [-0.15, -0.1) is 0 Å². The molecule has 2 saturated carbocycles. The number of rotatable bonds is 0. The van der Waals surface area contributed by atoms with E-state index in [1.54, 1.807) is 0 Å². The van der Waals surface area contributed by atoms with E-state index in [4.69, 9.17) is 14.2 Å². The van der Waals surface area contributed by atoms with Gasteiger partial charge in [-0.1, -0.05) is 70.4 Å². The second-order valence-corrected chi connectivity index (χ2v) is 14.7. The van der Waals surface area contributed by atoms with Gasteiger partial charge in [0.05, 0.1) is 19.8 Å². The Kier molecular flexibility index (Phi) is 11.4. The van der Waals surface area contributed by atoms with Gasteiger partial charge < -0.3 is 14.2 Å². The van der Waals surface area contributed by atoms with Crippen LogP contribution in [0, 0.1) is 28.1 Å². The van der Waals surface area contributed by atoms with E-state index in [0.29, 0.717) is 55.8 Å². The van der Waals surface area contributed by atoms with Crippen molar-refractivity contribution >= 4 is 17.9 Å². The molecule has 5 fully saturated rings. The molecule has 0 aromatic heterocycles. The summed E-state index contributed by atoms with van der Waals surface area (Å²) < 4.78 is 15.6. The standard InChI is InChI=1S/C12H18O2.C12H20O2.C11H18O2/c1-9-3-5-12(10(2)7-9)6-4-11(13)14-8-12;13-11-6-9-12(10-14-11)7-4-2-1-3-5-8-12;1-9-2-5-11(6-3-9)7-4-10(12)13-8-11/h3,10H,4-8H2,1-2H3;1-10H2;9H,2-8H2,1H3. The van der Waals surface area contributed by atoms with Crippen LogP contribution in [0.1, 0.15) is 143 Å². The average molecular weight is 573 g/mol. The first-order valence-electron chi connectivity index (χ1n) is 16.8. The van der Waals surface area contributed by atoms with Crippen LogP contribution in [-0.2, 0) is 28.6 Å². The molecule has 3 heterocycles. The number of ether oxygens (including phenoxy) is 3. The zero-order valence-corrected chi connectivity index (χ0v) is 26.2. The Balaban J connectivity index is 0.000000142. The fourth-order valence-corrected chi connectivity index (χ4v) is 7.94. The van der Waals surface area contributed by atoms with E-state index in [2.05, 4.69) is 26.8 Å². The molecule has 6 heteroatoms. The lowest BCUT2D eigenvalue weighted by Gasteiger charge is -2.43. The first-order chi connectivity index (χ1) is 19.6. The first kappa shape index (κ1) is 32.1. The highest BCUT2D eigenvalue weighted by Gasteiger charge is 2.42. The van der Waals surface area contributed by atoms with Gasteiger partial charge in [0.2, 0.25) is 0 Å². The molecule has 3 saturated heterocycles. The van der Waals surface area contributed by atoms with Gasteiger partial charge in [-0.2, -0.15) is 0 Å². The van der Waals surface area contributed by atoms with Crippen molar-refractivity contribution in [3.8, 4) is 0 Å². The molecule has 0 radical (unpaired) electrons. The molecule has 0 aromatic carbocycles. The Labute approximate surface area is 248 Å². The molecule has 0 aromatic rings. The topological polar surface area (TPSA) is 78.9 Å². The van der Waals surface area contributed by atoms with Crippen LogP contribution < -0.4 is 0 Å². The summed E-state index contributed by atoms with van der Waals surface area (Å²) in [6.45, 7) is 8.83. The largest absolute Gasteiger partial charge is 0.465 e. The third-order valence-electron chi connectivity index (χ3n) is 11.4. The van der Waals surface area contributed by atoms with Crippen LogP contribution in [0.25, 0.3) is 0 Å². The molecule has 6 aliphatic rings. The minimum Gasteiger partial charge on any atom is -0.465 e. The summed E-state index contributed by atoms with van der Waals surface area (Å²) in [5.41, 5.74) is 2.49. The number of hydrogen-bond acceptors (Lipinski definition) is 6. The average Bonchev–Trinajstić information content (AvgIpc) is 2.96. The van der Waals surface area contributed by atoms with E-state index in [9.17, 15) is 14.4 Å². The van der Waals surface area contributed by atoms with Crippen LogP contribution >= 0.6 is 0 Å². The summed E-state index contributed by atoms with van der Waals surface area (Å²) in [4.78, 5) is 33.0. The van der Waals surface area contributed by atoms with Gasteiger partial charge in [-0.3, -0.25) is 14.4 Å². The SMILES string of the molecule is CC1=CCC2(CCC(=O)OC2)C(C)C1.CC1CCC2(CCC(=O)OC2)CC1.O=C1CCC2(CCCCCCC2)CO1. The van der Waals surface area contributed by atoms with E-state index in [1.165, 1.54) is 76.2 Å². The summed E-state index contributed by atoms with van der Waals surface area (Å²) in [6, 6.07) is 0. The highest BCUT2D eigenvalue weighted by Crippen LogP contribution is 2.46. The zero-order valence-electron chi connectivity index (χ0n) is 26.2. The van der Waals surface area contributed by atoms with Crippen molar-refractivity contribution in [3.05, 3.63) is 11.6 Å². The van der Waals surface area contributed by atoms with Crippen LogP contribution in [0.2, 0.25) is 0 Å². The first-order valence-corrected chi connectivity index (χ1v) is 16.8. The van der Waals surface area contributed by atoms with Gasteiger partial charge in [-0.05, 0) is 76.5 Å². The van der Waals surface area contributed by atoms with Crippen molar-refractivity contribution in [1.82, 2.24) is 0 Å². The van der Waals surface area contributed by atoms with E-state index in [-0.39, 0.29) is 23.3 Å². The lowest BCUT2D eigenvalue weighted by Crippen LogP contribution is -2.40. The van der Waals surface area contributed by atoms with Gasteiger partial charge in [0.25, 0.3) is 0 Å². The summed E-state index contributed by atoms with van der Waals surface area (Å²) in [6.07, 6.45) is 24.2. The molecule has 6 rings (SSSR count). The van der Waals surface area contributed by atoms with Crippen molar-refractivity contribution in [1.29, 1.82) is 0 Å². The van der Waals surface area contributed by atoms with E-state index >= 15 is 0 Å². The Morgan fingerprint density at radius 2 is 1.12 bits per heavy atom. The maximum absolute atomic E-state index is 11.0. The van der Waals surface area contributed by atoms with Crippen molar-refractivity contribution in [2.24, 2.45) is 28.1 Å². The molecule has 0 N–H and O–H groups in total. The highest BCUT2D eigenvalue weighted by molar-refractivity contribution is 5.71. The van der Waals surface area contributed by atoms with E-state index < -0.39 is 0 Å². The third-order valence-corrected chi connectivity index (χ3v) is 11.4. The summed E-state index contributed by atoms with van der Waals surface area (Å²) in [7, 11) is 0. The van der Waals surface area contributed by atoms with Crippen molar-refractivity contribution < 1.29 is 28.6 Å². The molecule has 3 spiro atoms. The fourth-order valence-electron chi connectivity index (χ4n) is 7.94. The van der Waals surface area contributed by atoms with Gasteiger partial charge >= 0.3 is 17.9 Å². The van der Waals surface area contributed by atoms with Crippen molar-refractivity contribution in [2.75, 3.05) is 19.8 Å². The molecule has 41 heavy (non-hydrogen) atoms. The van der Waals surface area contributed by atoms with Crippen LogP contribution in [0.3, 0.4) is 0 Å². The predicted octanol–water partition coefficient (Wildman–Crippen LogP) is 8.26. The maximum Gasteiger partial charge on any atom is 0.305 e. The van der Waals surface area contributed by atoms with Crippen molar-refractivity contribution in [2.45, 2.75) is 143 Å². The summed E-state index contributed by atoms with van der Waals surface area (Å²) in [5.74, 6) is 1.53. The molecule has 2 unspecified atom stereocenters. The Hall–Kier alpha value is -1.85. The molecular weight excluding hydrogens is 516 g/mol. The second kappa shape index (κ2) is 14.6. The molecule has 232 valence electrons. The van der Waals surface area contributed by atoms with Gasteiger partial charge in [0.15, 0.2) is 0 Å². The molecule has 3 aliphatic carbocycles. The molecular formula is C35H56O6. The Bertz CT molecular complexity index is 885. The molecule has 3 aliphatic heterocycles. The van der Waals surface area contributed by atoms with E-state index in [1.807, 2.05) is 0 Å². The quantitative estimate of drug-likeness (QED) is 0.165. The van der Waals surface area contributed by atoms with E-state index in [0.717, 1.165) is 38.0 Å². The summed E-state index contributed by atoms with van der Waals surface area (Å²) in [5, 5.41) is 0. The number of carbonyl (C=O) groups is 3. The maximum atomic E-state index is 11.0. The van der Waals surface area contributed by atoms with Crippen LogP contribution in [0.4, 0.5) is 0 Å². The number of carbonyl (C=O) groups excluding carboxylic acids is 3. The number of esters is 3. The Morgan fingerprint density at radius 1 is 0.634 bits per heavy atom. The highest BCUT2D eigenvalue weighted by atomic mass is 16.5. The molecule has 0 bridgehead atoms. The zero-order chi connectivity index (χ0) is 29.3. The van der Waals surface area contributed by atoms with Gasteiger partial charge in [-0.25, -0.2) is 0 Å². The molecule has 2 atom stereocenters. The third kappa shape index (κ3) is 9.07. The van der Waals surface area contributed by atoms with Crippen molar-refractivity contribution in [3.63, 3.8) is 0 Å². The molecule has 0 amide bonds. The van der Waals surface area contributed by atoms with Gasteiger partial charge in [0, 0.05) is 35.5 Å². The predicted molar refractivity (Wildman–Crippen MR) is 160 cm³/mol. The van der Waals surface area contributed by atoms with Gasteiger partial charge in [0.1, 0.15) is 0 Å². The number of cyclic esters (lactones) is 3. The minimum atomic E-state index is -0.0194. The fraction of sp³-hybridized carbons (Fsp3) is 0.857. The van der Waals surface area contributed by atoms with Crippen LogP contribution in [0.5, 0.6) is 0 Å². The van der Waals surface area contributed by atoms with Crippen LogP contribution in [0.15, 0.2) is 11.6 Å². The smallest absolute Gasteiger partial charge is 0.305 e. The normalized spacial score (nSPS) is 35.3. The lowest BCUT2D eigenvalue weighted by molar-refractivity contribution is -0.157. The minimum absolute atomic E-state index is 0.00393. The van der Waals surface area contributed by atoms with Crippen LogP contribution in [-0.4, -0.2) is 37.7 Å². The summed E-state index contributed by atoms with van der Waals surface area (Å²) >= 11 is 0. The molecule has 6 nitrogen and oxygen atoms in total.